The molecule has 7 nitrogen and oxygen atoms in total. The van der Waals surface area contributed by atoms with Crippen molar-refractivity contribution in [3.8, 4) is 22.6 Å². The lowest BCUT2D eigenvalue weighted by Gasteiger charge is -2.39. The van der Waals surface area contributed by atoms with Crippen molar-refractivity contribution in [3.63, 3.8) is 0 Å². The van der Waals surface area contributed by atoms with E-state index in [1.807, 2.05) is 31.2 Å². The van der Waals surface area contributed by atoms with Crippen molar-refractivity contribution in [1.29, 1.82) is 0 Å². The van der Waals surface area contributed by atoms with Crippen molar-refractivity contribution < 1.29 is 23.8 Å². The summed E-state index contributed by atoms with van der Waals surface area (Å²) in [7, 11) is 3.12. The molecule has 0 aliphatic carbocycles. The van der Waals surface area contributed by atoms with Crippen molar-refractivity contribution >= 4 is 40.9 Å². The van der Waals surface area contributed by atoms with Crippen LogP contribution in [0, 0.1) is 0 Å². The van der Waals surface area contributed by atoms with Crippen LogP contribution >= 0.6 is 23.2 Å². The van der Waals surface area contributed by atoms with Crippen molar-refractivity contribution in [2.75, 3.05) is 32.3 Å². The molecule has 1 heterocycles. The number of carbonyl (C=O) groups excluding carboxylic acids is 2. The number of nitrogens with one attached hydrogen (secondary N) is 1. The Morgan fingerprint density at radius 1 is 0.947 bits per heavy atom. The molecule has 3 aromatic rings. The Balaban J connectivity index is 1.54. The van der Waals surface area contributed by atoms with Gasteiger partial charge < -0.3 is 19.5 Å². The van der Waals surface area contributed by atoms with E-state index in [0.717, 1.165) is 16.7 Å². The highest BCUT2D eigenvalue weighted by molar-refractivity contribution is 6.42. The second-order valence-electron chi connectivity index (χ2n) is 9.03. The van der Waals surface area contributed by atoms with Gasteiger partial charge >= 0.3 is 6.09 Å². The summed E-state index contributed by atoms with van der Waals surface area (Å²) < 4.78 is 16.3. The first kappa shape index (κ1) is 27.6. The number of ether oxygens (including phenoxy) is 3. The molecule has 9 heteroatoms. The highest BCUT2D eigenvalue weighted by atomic mass is 35.5. The number of fused-ring (bicyclic) bond motifs is 1. The Kier molecular flexibility index (Phi) is 8.69. The summed E-state index contributed by atoms with van der Waals surface area (Å²) in [6.45, 7) is 4.40. The minimum atomic E-state index is -0.418. The smallest absolute Gasteiger partial charge is 0.414 e. The maximum atomic E-state index is 13.0. The van der Waals surface area contributed by atoms with Crippen molar-refractivity contribution in [2.24, 2.45) is 0 Å². The molecule has 3 aromatic carbocycles. The minimum absolute atomic E-state index is 0.0510. The van der Waals surface area contributed by atoms with Crippen LogP contribution in [0.3, 0.4) is 0 Å². The van der Waals surface area contributed by atoms with Gasteiger partial charge in [-0.2, -0.15) is 0 Å². The number of benzene rings is 3. The average molecular weight is 557 g/mol. The second-order valence-corrected chi connectivity index (χ2v) is 9.85. The van der Waals surface area contributed by atoms with E-state index in [2.05, 4.69) is 5.32 Å². The number of halogens is 2. The van der Waals surface area contributed by atoms with Gasteiger partial charge in [-0.05, 0) is 67.3 Å². The molecule has 2 unspecified atom stereocenters. The maximum Gasteiger partial charge on any atom is 0.414 e. The van der Waals surface area contributed by atoms with E-state index in [4.69, 9.17) is 37.4 Å². The number of amides is 2. The zero-order chi connectivity index (χ0) is 27.4. The third-order valence-electron chi connectivity index (χ3n) is 6.67. The molecule has 2 atom stereocenters. The number of anilines is 1. The van der Waals surface area contributed by atoms with Gasteiger partial charge in [0, 0.05) is 30.1 Å². The van der Waals surface area contributed by atoms with Crippen LogP contribution < -0.4 is 19.7 Å². The predicted octanol–water partition coefficient (Wildman–Crippen LogP) is 6.95. The molecule has 200 valence electrons. The van der Waals surface area contributed by atoms with Gasteiger partial charge in [-0.3, -0.25) is 9.69 Å². The summed E-state index contributed by atoms with van der Waals surface area (Å²) in [6.07, 6.45) is 0.218. The zero-order valence-electron chi connectivity index (χ0n) is 21.7. The lowest BCUT2D eigenvalue weighted by atomic mass is 9.85. The molecule has 0 fully saturated rings. The molecule has 0 saturated carbocycles. The standard InChI is InChI=1S/C29H30Cl2N2O5/c1-5-38-29(35)33-17(2)12-21(22-14-26(36-3)27(37-4)15-25(22)33)16-32-28(34)19-8-6-18(7-9-19)20-10-11-23(30)24(31)13-20/h6-11,13-15,17,21H,5,12,16H2,1-4H3,(H,32,34). The first-order valence-electron chi connectivity index (χ1n) is 12.3. The van der Waals surface area contributed by atoms with Crippen molar-refractivity contribution in [2.45, 2.75) is 32.2 Å². The van der Waals surface area contributed by atoms with E-state index in [9.17, 15) is 9.59 Å². The van der Waals surface area contributed by atoms with Crippen LogP contribution in [-0.4, -0.2) is 45.4 Å². The third kappa shape index (κ3) is 5.69. The number of hydrogen-bond acceptors (Lipinski definition) is 5. The summed E-state index contributed by atoms with van der Waals surface area (Å²) in [5.41, 5.74) is 3.94. The summed E-state index contributed by atoms with van der Waals surface area (Å²) in [6, 6.07) is 16.2. The van der Waals surface area contributed by atoms with Gasteiger partial charge in [-0.15, -0.1) is 0 Å². The van der Waals surface area contributed by atoms with E-state index in [0.29, 0.717) is 45.8 Å². The van der Waals surface area contributed by atoms with Crippen LogP contribution in [-0.2, 0) is 4.74 Å². The van der Waals surface area contributed by atoms with Crippen LogP contribution in [0.2, 0.25) is 10.0 Å². The SMILES string of the molecule is CCOC(=O)N1c2cc(OC)c(OC)cc2C(CNC(=O)c2ccc(-c3ccc(Cl)c(Cl)c3)cc2)CC1C. The molecule has 4 rings (SSSR count). The van der Waals surface area contributed by atoms with Gasteiger partial charge in [0.2, 0.25) is 0 Å². The van der Waals surface area contributed by atoms with Gasteiger partial charge in [-0.25, -0.2) is 4.79 Å². The summed E-state index contributed by atoms with van der Waals surface area (Å²) in [5, 5.41) is 4.02. The Bertz CT molecular complexity index is 1330. The number of methoxy groups -OCH3 is 2. The molecule has 0 aromatic heterocycles. The largest absolute Gasteiger partial charge is 0.493 e. The van der Waals surface area contributed by atoms with E-state index in [1.165, 1.54) is 0 Å². The first-order valence-corrected chi connectivity index (χ1v) is 13.1. The molecule has 1 aliphatic heterocycles. The van der Waals surface area contributed by atoms with E-state index in [1.54, 1.807) is 56.4 Å². The predicted molar refractivity (Wildman–Crippen MR) is 150 cm³/mol. The Labute approximate surface area is 232 Å². The van der Waals surface area contributed by atoms with Crippen LogP contribution in [0.5, 0.6) is 11.5 Å². The maximum absolute atomic E-state index is 13.0. The molecule has 1 N–H and O–H groups in total. The van der Waals surface area contributed by atoms with E-state index >= 15 is 0 Å². The Hall–Kier alpha value is -3.42. The average Bonchev–Trinajstić information content (AvgIpc) is 2.92. The van der Waals surface area contributed by atoms with Gasteiger partial charge in [0.15, 0.2) is 11.5 Å². The van der Waals surface area contributed by atoms with E-state index < -0.39 is 6.09 Å². The molecule has 2 amide bonds. The highest BCUT2D eigenvalue weighted by Crippen LogP contribution is 2.44. The van der Waals surface area contributed by atoms with Gasteiger partial charge in [0.25, 0.3) is 5.91 Å². The third-order valence-corrected chi connectivity index (χ3v) is 7.41. The van der Waals surface area contributed by atoms with Crippen LogP contribution in [0.25, 0.3) is 11.1 Å². The monoisotopic (exact) mass is 556 g/mol. The molecule has 38 heavy (non-hydrogen) atoms. The normalized spacial score (nSPS) is 16.4. The fourth-order valence-electron chi connectivity index (χ4n) is 4.77. The lowest BCUT2D eigenvalue weighted by molar-refractivity contribution is 0.0949. The second kappa shape index (κ2) is 12.0. The van der Waals surface area contributed by atoms with Crippen molar-refractivity contribution in [1.82, 2.24) is 5.32 Å². The fourth-order valence-corrected chi connectivity index (χ4v) is 5.07. The lowest BCUT2D eigenvalue weighted by Crippen LogP contribution is -2.45. The topological polar surface area (TPSA) is 77.1 Å². The number of rotatable bonds is 7. The van der Waals surface area contributed by atoms with Crippen LogP contribution in [0.4, 0.5) is 10.5 Å². The summed E-state index contributed by atoms with van der Waals surface area (Å²) >= 11 is 12.2. The minimum Gasteiger partial charge on any atom is -0.493 e. The summed E-state index contributed by atoms with van der Waals surface area (Å²) in [4.78, 5) is 27.5. The molecular weight excluding hydrogens is 527 g/mol. The fraction of sp³-hybridized carbons (Fsp3) is 0.310. The van der Waals surface area contributed by atoms with Gasteiger partial charge in [0.1, 0.15) is 0 Å². The highest BCUT2D eigenvalue weighted by Gasteiger charge is 2.36. The van der Waals surface area contributed by atoms with E-state index in [-0.39, 0.29) is 24.5 Å². The van der Waals surface area contributed by atoms with Gasteiger partial charge in [-0.1, -0.05) is 41.4 Å². The number of carbonyl (C=O) groups is 2. The molecule has 0 saturated heterocycles. The molecule has 0 spiro atoms. The van der Waals surface area contributed by atoms with Crippen LogP contribution in [0.1, 0.15) is 42.1 Å². The Morgan fingerprint density at radius 2 is 1.61 bits per heavy atom. The molecular formula is C29H30Cl2N2O5. The van der Waals surface area contributed by atoms with Crippen molar-refractivity contribution in [3.05, 3.63) is 75.8 Å². The zero-order valence-corrected chi connectivity index (χ0v) is 23.2. The number of nitrogens with zero attached hydrogens (tertiary/aromatic N) is 1. The molecule has 0 radical (unpaired) electrons. The van der Waals surface area contributed by atoms with Gasteiger partial charge in [0.05, 0.1) is 36.6 Å². The molecule has 1 aliphatic rings. The number of hydrogen-bond donors (Lipinski definition) is 1. The Morgan fingerprint density at radius 3 is 2.24 bits per heavy atom. The quantitative estimate of drug-likeness (QED) is 0.340. The molecule has 0 bridgehead atoms. The summed E-state index contributed by atoms with van der Waals surface area (Å²) in [5.74, 6) is 0.830. The van der Waals surface area contributed by atoms with Crippen LogP contribution in [0.15, 0.2) is 54.6 Å². The first-order chi connectivity index (χ1) is 18.3.